The molecule has 1 saturated carbocycles. The Morgan fingerprint density at radius 3 is 3.08 bits per heavy atom. The van der Waals surface area contributed by atoms with Crippen LogP contribution < -0.4 is 0 Å². The highest BCUT2D eigenvalue weighted by molar-refractivity contribution is 7.05. The molecule has 0 bridgehead atoms. The zero-order chi connectivity index (χ0) is 8.39. The summed E-state index contributed by atoms with van der Waals surface area (Å²) < 4.78 is 4.05. The van der Waals surface area contributed by atoms with Crippen LogP contribution in [-0.4, -0.2) is 15.6 Å². The third kappa shape index (κ3) is 1.67. The van der Waals surface area contributed by atoms with Gasteiger partial charge in [-0.3, -0.25) is 0 Å². The van der Waals surface area contributed by atoms with E-state index in [1.165, 1.54) is 17.7 Å². The third-order valence-corrected chi connectivity index (χ3v) is 3.34. The van der Waals surface area contributed by atoms with E-state index in [1.807, 2.05) is 6.20 Å². The van der Waals surface area contributed by atoms with Gasteiger partial charge >= 0.3 is 0 Å². The van der Waals surface area contributed by atoms with Gasteiger partial charge in [-0.1, -0.05) is 6.42 Å². The van der Waals surface area contributed by atoms with Crippen molar-refractivity contribution < 1.29 is 5.11 Å². The van der Waals surface area contributed by atoms with Crippen LogP contribution in [0.1, 0.15) is 24.1 Å². The zero-order valence-electron chi connectivity index (χ0n) is 6.94. The topological polar surface area (TPSA) is 33.1 Å². The molecule has 1 heterocycles. The Kier molecular flexibility index (Phi) is 2.42. The largest absolute Gasteiger partial charge is 0.393 e. The zero-order valence-corrected chi connectivity index (χ0v) is 7.76. The van der Waals surface area contributed by atoms with E-state index in [9.17, 15) is 5.11 Å². The van der Waals surface area contributed by atoms with Gasteiger partial charge < -0.3 is 5.11 Å². The summed E-state index contributed by atoms with van der Waals surface area (Å²) in [5.74, 6) is 0.491. The molecule has 3 heteroatoms. The molecule has 1 fully saturated rings. The average Bonchev–Trinajstić information content (AvgIpc) is 2.65. The van der Waals surface area contributed by atoms with Gasteiger partial charge in [0.15, 0.2) is 0 Å². The maximum atomic E-state index is 9.57. The smallest absolute Gasteiger partial charge is 0.0571 e. The standard InChI is InChI=1S/C9H13NOS/c11-9-3-1-2-7(9)6-8-4-5-10-12-8/h4-5,7,9,11H,1-3,6H2/t7-,9+/m0/s1. The Morgan fingerprint density at radius 1 is 1.58 bits per heavy atom. The summed E-state index contributed by atoms with van der Waals surface area (Å²) in [5, 5.41) is 9.57. The van der Waals surface area contributed by atoms with Gasteiger partial charge in [-0.05, 0) is 42.8 Å². The number of aliphatic hydroxyl groups excluding tert-OH is 1. The number of hydrogen-bond acceptors (Lipinski definition) is 3. The lowest BCUT2D eigenvalue weighted by Crippen LogP contribution is -2.14. The summed E-state index contributed by atoms with van der Waals surface area (Å²) in [5.41, 5.74) is 0. The molecule has 0 amide bonds. The van der Waals surface area contributed by atoms with E-state index in [1.54, 1.807) is 11.5 Å². The van der Waals surface area contributed by atoms with Crippen LogP contribution in [0.5, 0.6) is 0 Å². The van der Waals surface area contributed by atoms with Gasteiger partial charge in [0.2, 0.25) is 0 Å². The van der Waals surface area contributed by atoms with E-state index in [0.29, 0.717) is 5.92 Å². The highest BCUT2D eigenvalue weighted by Gasteiger charge is 2.25. The Bertz CT molecular complexity index is 235. The molecule has 1 aliphatic rings. The number of nitrogens with zero attached hydrogens (tertiary/aromatic N) is 1. The van der Waals surface area contributed by atoms with E-state index < -0.39 is 0 Å². The molecule has 2 rings (SSSR count). The summed E-state index contributed by atoms with van der Waals surface area (Å²) in [6.45, 7) is 0. The van der Waals surface area contributed by atoms with Gasteiger partial charge in [0.25, 0.3) is 0 Å². The Hall–Kier alpha value is -0.410. The van der Waals surface area contributed by atoms with Crippen molar-refractivity contribution >= 4 is 11.5 Å². The molecule has 0 aromatic carbocycles. The summed E-state index contributed by atoms with van der Waals surface area (Å²) in [7, 11) is 0. The predicted octanol–water partition coefficient (Wildman–Crippen LogP) is 1.85. The van der Waals surface area contributed by atoms with Crippen molar-refractivity contribution in [2.75, 3.05) is 0 Å². The number of aromatic nitrogens is 1. The van der Waals surface area contributed by atoms with E-state index in [4.69, 9.17) is 0 Å². The van der Waals surface area contributed by atoms with E-state index in [0.717, 1.165) is 12.8 Å². The van der Waals surface area contributed by atoms with Crippen LogP contribution in [0.3, 0.4) is 0 Å². The van der Waals surface area contributed by atoms with Crippen LogP contribution in [0.2, 0.25) is 0 Å². The molecule has 12 heavy (non-hydrogen) atoms. The second-order valence-corrected chi connectivity index (χ2v) is 4.36. The fraction of sp³-hybridized carbons (Fsp3) is 0.667. The lowest BCUT2D eigenvalue weighted by molar-refractivity contribution is 0.133. The minimum atomic E-state index is -0.0629. The first-order valence-corrected chi connectivity index (χ1v) is 5.21. The summed E-state index contributed by atoms with van der Waals surface area (Å²) in [6, 6.07) is 2.05. The second-order valence-electron chi connectivity index (χ2n) is 3.44. The molecule has 1 aromatic heterocycles. The first kappa shape index (κ1) is 8.20. The maximum absolute atomic E-state index is 9.57. The molecule has 66 valence electrons. The first-order chi connectivity index (χ1) is 5.86. The molecule has 1 N–H and O–H groups in total. The highest BCUT2D eigenvalue weighted by atomic mass is 32.1. The third-order valence-electron chi connectivity index (χ3n) is 2.57. The first-order valence-electron chi connectivity index (χ1n) is 4.44. The van der Waals surface area contributed by atoms with Crippen molar-refractivity contribution in [3.05, 3.63) is 17.1 Å². The van der Waals surface area contributed by atoms with Gasteiger partial charge in [0, 0.05) is 11.1 Å². The van der Waals surface area contributed by atoms with Crippen LogP contribution in [0.15, 0.2) is 12.3 Å². The van der Waals surface area contributed by atoms with Gasteiger partial charge in [-0.15, -0.1) is 0 Å². The van der Waals surface area contributed by atoms with Gasteiger partial charge in [0.1, 0.15) is 0 Å². The molecule has 0 spiro atoms. The SMILES string of the molecule is O[C@@H]1CCC[C@H]1Cc1ccns1. The van der Waals surface area contributed by atoms with E-state index in [2.05, 4.69) is 10.4 Å². The van der Waals surface area contributed by atoms with Crippen molar-refractivity contribution in [2.45, 2.75) is 31.8 Å². The molecular formula is C9H13NOS. The molecule has 0 unspecified atom stereocenters. The minimum absolute atomic E-state index is 0.0629. The number of aliphatic hydroxyl groups is 1. The van der Waals surface area contributed by atoms with Crippen LogP contribution in [0, 0.1) is 5.92 Å². The fourth-order valence-corrected chi connectivity index (χ4v) is 2.53. The molecule has 2 nitrogen and oxygen atoms in total. The second kappa shape index (κ2) is 3.54. The van der Waals surface area contributed by atoms with Crippen molar-refractivity contribution in [1.29, 1.82) is 0 Å². The van der Waals surface area contributed by atoms with Crippen LogP contribution in [0.4, 0.5) is 0 Å². The Balaban J connectivity index is 1.95. The fourth-order valence-electron chi connectivity index (χ4n) is 1.86. The van der Waals surface area contributed by atoms with Crippen molar-refractivity contribution in [3.8, 4) is 0 Å². The van der Waals surface area contributed by atoms with Crippen molar-refractivity contribution in [2.24, 2.45) is 5.92 Å². The molecular weight excluding hydrogens is 170 g/mol. The van der Waals surface area contributed by atoms with Crippen LogP contribution in [-0.2, 0) is 6.42 Å². The molecule has 0 radical (unpaired) electrons. The number of rotatable bonds is 2. The monoisotopic (exact) mass is 183 g/mol. The molecule has 2 atom stereocenters. The molecule has 0 aliphatic heterocycles. The lowest BCUT2D eigenvalue weighted by atomic mass is 10.0. The normalized spacial score (nSPS) is 29.4. The van der Waals surface area contributed by atoms with Gasteiger partial charge in [-0.2, -0.15) is 0 Å². The van der Waals surface area contributed by atoms with Crippen LogP contribution >= 0.6 is 11.5 Å². The number of hydrogen-bond donors (Lipinski definition) is 1. The predicted molar refractivity (Wildman–Crippen MR) is 49.2 cm³/mol. The quantitative estimate of drug-likeness (QED) is 0.759. The molecule has 1 aliphatic carbocycles. The lowest BCUT2D eigenvalue weighted by Gasteiger charge is -2.11. The Morgan fingerprint density at radius 2 is 2.50 bits per heavy atom. The van der Waals surface area contributed by atoms with Crippen LogP contribution in [0.25, 0.3) is 0 Å². The summed E-state index contributed by atoms with van der Waals surface area (Å²) >= 11 is 1.55. The summed E-state index contributed by atoms with van der Waals surface area (Å²) in [4.78, 5) is 1.31. The van der Waals surface area contributed by atoms with E-state index in [-0.39, 0.29) is 6.10 Å². The molecule has 0 saturated heterocycles. The maximum Gasteiger partial charge on any atom is 0.0571 e. The minimum Gasteiger partial charge on any atom is -0.393 e. The van der Waals surface area contributed by atoms with Crippen molar-refractivity contribution in [3.63, 3.8) is 0 Å². The van der Waals surface area contributed by atoms with E-state index >= 15 is 0 Å². The average molecular weight is 183 g/mol. The Labute approximate surface area is 76.4 Å². The summed E-state index contributed by atoms with van der Waals surface area (Å²) in [6.07, 6.45) is 6.15. The molecule has 1 aromatic rings. The van der Waals surface area contributed by atoms with Crippen molar-refractivity contribution in [1.82, 2.24) is 4.37 Å². The highest BCUT2D eigenvalue weighted by Crippen LogP contribution is 2.29. The van der Waals surface area contributed by atoms with Gasteiger partial charge in [0.05, 0.1) is 6.10 Å². The van der Waals surface area contributed by atoms with Gasteiger partial charge in [-0.25, -0.2) is 4.37 Å².